The maximum absolute atomic E-state index is 13.4. The van der Waals surface area contributed by atoms with E-state index >= 15 is 0 Å². The second-order valence-electron chi connectivity index (χ2n) is 9.91. The standard InChI is InChI=1S/C24H31N3O2S/c1-15(2)27-22(19-4-6-20(29-3)7-5-19)25-26-23(27)30-14-21(28)24-11-16-8-17(12-24)10-18(9-16)13-24/h4-7,15-18H,8-14H2,1-3H3. The smallest absolute Gasteiger partial charge is 0.192 e. The van der Waals surface area contributed by atoms with Crippen LogP contribution in [0, 0.1) is 23.2 Å². The second-order valence-corrected chi connectivity index (χ2v) is 10.9. The van der Waals surface area contributed by atoms with Gasteiger partial charge in [0.15, 0.2) is 11.0 Å². The van der Waals surface area contributed by atoms with Crippen molar-refractivity contribution >= 4 is 17.5 Å². The lowest BCUT2D eigenvalue weighted by Gasteiger charge is -2.56. The first kappa shape index (κ1) is 20.1. The highest BCUT2D eigenvalue weighted by Crippen LogP contribution is 2.60. The lowest BCUT2D eigenvalue weighted by Crippen LogP contribution is -2.50. The fraction of sp³-hybridized carbons (Fsp3) is 0.625. The molecule has 30 heavy (non-hydrogen) atoms. The van der Waals surface area contributed by atoms with Crippen LogP contribution in [0.5, 0.6) is 5.75 Å². The molecule has 1 aromatic carbocycles. The summed E-state index contributed by atoms with van der Waals surface area (Å²) in [4.78, 5) is 13.4. The summed E-state index contributed by atoms with van der Waals surface area (Å²) in [6.45, 7) is 4.28. The van der Waals surface area contributed by atoms with Crippen LogP contribution in [-0.4, -0.2) is 33.4 Å². The molecule has 5 nitrogen and oxygen atoms in total. The highest BCUT2D eigenvalue weighted by molar-refractivity contribution is 7.99. The van der Waals surface area contributed by atoms with E-state index in [1.54, 1.807) is 18.9 Å². The molecule has 0 aliphatic heterocycles. The molecule has 0 N–H and O–H groups in total. The summed E-state index contributed by atoms with van der Waals surface area (Å²) < 4.78 is 7.42. The van der Waals surface area contributed by atoms with Crippen LogP contribution in [0.3, 0.4) is 0 Å². The molecule has 4 bridgehead atoms. The lowest BCUT2D eigenvalue weighted by atomic mass is 9.48. The lowest BCUT2D eigenvalue weighted by molar-refractivity contribution is -0.141. The first-order chi connectivity index (χ1) is 14.5. The quantitative estimate of drug-likeness (QED) is 0.555. The van der Waals surface area contributed by atoms with Crippen molar-refractivity contribution in [3.05, 3.63) is 24.3 Å². The van der Waals surface area contributed by atoms with Gasteiger partial charge in [-0.1, -0.05) is 11.8 Å². The SMILES string of the molecule is COc1ccc(-c2nnc(SCC(=O)C34CC5CC(CC(C5)C3)C4)n2C(C)C)cc1. The average molecular weight is 426 g/mol. The van der Waals surface area contributed by atoms with E-state index < -0.39 is 0 Å². The molecule has 2 aromatic rings. The Bertz CT molecular complexity index is 899. The van der Waals surface area contributed by atoms with Gasteiger partial charge in [-0.15, -0.1) is 10.2 Å². The Kier molecular flexibility index (Phi) is 5.16. The van der Waals surface area contributed by atoms with Crippen LogP contribution < -0.4 is 4.74 Å². The van der Waals surface area contributed by atoms with Crippen molar-refractivity contribution in [2.75, 3.05) is 12.9 Å². The van der Waals surface area contributed by atoms with E-state index in [-0.39, 0.29) is 11.5 Å². The van der Waals surface area contributed by atoms with E-state index in [4.69, 9.17) is 4.74 Å². The van der Waals surface area contributed by atoms with Crippen LogP contribution in [0.2, 0.25) is 0 Å². The van der Waals surface area contributed by atoms with Crippen LogP contribution in [0.1, 0.15) is 58.4 Å². The van der Waals surface area contributed by atoms with Crippen LogP contribution in [0.4, 0.5) is 0 Å². The van der Waals surface area contributed by atoms with E-state index in [0.29, 0.717) is 11.5 Å². The van der Waals surface area contributed by atoms with Gasteiger partial charge in [0, 0.05) is 17.0 Å². The van der Waals surface area contributed by atoms with E-state index in [9.17, 15) is 4.79 Å². The van der Waals surface area contributed by atoms with E-state index in [1.165, 1.54) is 19.3 Å². The normalized spacial score (nSPS) is 29.5. The maximum Gasteiger partial charge on any atom is 0.192 e. The molecule has 4 saturated carbocycles. The van der Waals surface area contributed by atoms with Gasteiger partial charge in [-0.25, -0.2) is 0 Å². The van der Waals surface area contributed by atoms with Crippen LogP contribution >= 0.6 is 11.8 Å². The number of hydrogen-bond donors (Lipinski definition) is 0. The molecule has 6 heteroatoms. The topological polar surface area (TPSA) is 57.0 Å². The third kappa shape index (κ3) is 3.47. The molecular weight excluding hydrogens is 394 g/mol. The summed E-state index contributed by atoms with van der Waals surface area (Å²) in [5, 5.41) is 9.78. The molecule has 0 saturated heterocycles. The molecule has 1 aromatic heterocycles. The zero-order chi connectivity index (χ0) is 20.9. The van der Waals surface area contributed by atoms with Crippen molar-refractivity contribution in [3.63, 3.8) is 0 Å². The number of carbonyl (C=O) groups excluding carboxylic acids is 1. The van der Waals surface area contributed by atoms with Crippen molar-refractivity contribution in [1.29, 1.82) is 0 Å². The minimum absolute atomic E-state index is 0.0384. The van der Waals surface area contributed by atoms with Gasteiger partial charge >= 0.3 is 0 Å². The van der Waals surface area contributed by atoms with Crippen molar-refractivity contribution in [3.8, 4) is 17.1 Å². The van der Waals surface area contributed by atoms with Gasteiger partial charge in [0.1, 0.15) is 11.5 Å². The fourth-order valence-corrected chi connectivity index (χ4v) is 7.61. The Hall–Kier alpha value is -1.82. The molecule has 0 atom stereocenters. The Balaban J connectivity index is 1.34. The number of aromatic nitrogens is 3. The zero-order valence-electron chi connectivity index (χ0n) is 18.1. The number of ether oxygens (including phenoxy) is 1. The summed E-state index contributed by atoms with van der Waals surface area (Å²) in [6, 6.07) is 8.12. The van der Waals surface area contributed by atoms with Gasteiger partial charge in [-0.3, -0.25) is 9.36 Å². The molecule has 4 fully saturated rings. The number of ketones is 1. The number of benzene rings is 1. The molecule has 4 aliphatic carbocycles. The molecule has 4 aliphatic rings. The van der Waals surface area contributed by atoms with Gasteiger partial charge in [0.2, 0.25) is 0 Å². The number of Topliss-reactive ketones (excluding diaryl/α,β-unsaturated/α-hetero) is 1. The summed E-state index contributed by atoms with van der Waals surface area (Å²) in [5.41, 5.74) is 0.972. The molecule has 0 unspecified atom stereocenters. The Morgan fingerprint density at radius 2 is 1.70 bits per heavy atom. The molecule has 0 amide bonds. The van der Waals surface area contributed by atoms with Gasteiger partial charge in [0.05, 0.1) is 12.9 Å². The fourth-order valence-electron chi connectivity index (χ4n) is 6.51. The third-order valence-electron chi connectivity index (χ3n) is 7.49. The summed E-state index contributed by atoms with van der Waals surface area (Å²) >= 11 is 1.57. The predicted molar refractivity (Wildman–Crippen MR) is 119 cm³/mol. The highest BCUT2D eigenvalue weighted by atomic mass is 32.2. The Labute approximate surface area is 183 Å². The highest BCUT2D eigenvalue weighted by Gasteiger charge is 2.54. The van der Waals surface area contributed by atoms with Gasteiger partial charge in [0.25, 0.3) is 0 Å². The number of methoxy groups -OCH3 is 1. The van der Waals surface area contributed by atoms with Crippen molar-refractivity contribution in [1.82, 2.24) is 14.8 Å². The summed E-state index contributed by atoms with van der Waals surface area (Å²) in [6.07, 6.45) is 7.50. The molecule has 1 heterocycles. The predicted octanol–water partition coefficient (Wildman–Crippen LogP) is 5.41. The van der Waals surface area contributed by atoms with Crippen LogP contribution in [-0.2, 0) is 4.79 Å². The molecule has 0 spiro atoms. The average Bonchev–Trinajstić information content (AvgIpc) is 3.15. The maximum atomic E-state index is 13.4. The molecule has 160 valence electrons. The number of rotatable bonds is 7. The van der Waals surface area contributed by atoms with E-state index in [0.717, 1.165) is 59.3 Å². The first-order valence-corrected chi connectivity index (χ1v) is 12.2. The minimum atomic E-state index is -0.0384. The van der Waals surface area contributed by atoms with E-state index in [1.807, 2.05) is 24.3 Å². The number of thioether (sulfide) groups is 1. The van der Waals surface area contributed by atoms with Crippen LogP contribution in [0.15, 0.2) is 29.4 Å². The van der Waals surface area contributed by atoms with Crippen molar-refractivity contribution in [2.45, 2.75) is 63.6 Å². The minimum Gasteiger partial charge on any atom is -0.497 e. The van der Waals surface area contributed by atoms with Crippen molar-refractivity contribution < 1.29 is 9.53 Å². The first-order valence-electron chi connectivity index (χ1n) is 11.2. The van der Waals surface area contributed by atoms with E-state index in [2.05, 4.69) is 28.6 Å². The summed E-state index contributed by atoms with van der Waals surface area (Å²) in [7, 11) is 1.67. The number of carbonyl (C=O) groups is 1. The zero-order valence-corrected chi connectivity index (χ0v) is 19.0. The van der Waals surface area contributed by atoms with Gasteiger partial charge in [-0.2, -0.15) is 0 Å². The molecule has 0 radical (unpaired) electrons. The second kappa shape index (κ2) is 7.70. The largest absolute Gasteiger partial charge is 0.497 e. The number of nitrogens with zero attached hydrogens (tertiary/aromatic N) is 3. The third-order valence-corrected chi connectivity index (χ3v) is 8.43. The Morgan fingerprint density at radius 1 is 1.10 bits per heavy atom. The van der Waals surface area contributed by atoms with Gasteiger partial charge in [-0.05, 0) is 94.4 Å². The number of hydrogen-bond acceptors (Lipinski definition) is 5. The molecular formula is C24H31N3O2S. The van der Waals surface area contributed by atoms with Crippen LogP contribution in [0.25, 0.3) is 11.4 Å². The molecule has 6 rings (SSSR count). The van der Waals surface area contributed by atoms with Gasteiger partial charge < -0.3 is 4.74 Å². The van der Waals surface area contributed by atoms with Crippen molar-refractivity contribution in [2.24, 2.45) is 23.2 Å². The summed E-state index contributed by atoms with van der Waals surface area (Å²) in [5.74, 6) is 5.03. The Morgan fingerprint density at radius 3 is 2.23 bits per heavy atom. The monoisotopic (exact) mass is 425 g/mol.